The van der Waals surface area contributed by atoms with Crippen molar-refractivity contribution in [2.24, 2.45) is 0 Å². The highest BCUT2D eigenvalue weighted by Gasteiger charge is 2.14. The highest BCUT2D eigenvalue weighted by Crippen LogP contribution is 2.12. The Kier molecular flexibility index (Phi) is 3.52. The molecular weight excluding hydrogens is 302 g/mol. The molecule has 92 valence electrons. The number of ketones is 1. The zero-order valence-electron chi connectivity index (χ0n) is 9.12. The molecule has 1 heterocycles. The summed E-state index contributed by atoms with van der Waals surface area (Å²) in [6.45, 7) is -0.0184. The van der Waals surface area contributed by atoms with Gasteiger partial charge in [-0.15, -0.1) is 0 Å². The van der Waals surface area contributed by atoms with E-state index in [9.17, 15) is 14.9 Å². The first kappa shape index (κ1) is 12.4. The minimum Gasteiger partial charge on any atom is -0.358 e. The molecule has 0 radical (unpaired) electrons. The molecule has 0 unspecified atom stereocenters. The van der Waals surface area contributed by atoms with Gasteiger partial charge < -0.3 is 10.1 Å². The van der Waals surface area contributed by atoms with Crippen LogP contribution >= 0.6 is 15.9 Å². The molecule has 18 heavy (non-hydrogen) atoms. The molecule has 0 saturated carbocycles. The molecular formula is C11H8BrN3O3. The lowest BCUT2D eigenvalue weighted by molar-refractivity contribution is -0.389. The quantitative estimate of drug-likeness (QED) is 0.493. The standard InChI is InChI=1S/C11H8BrN3O3/c12-9-3-1-8(2-4-9)10(16)7-14-6-5-11(13-14)15(17)18/h1-6H,7H2. The number of hydrogen-bond acceptors (Lipinski definition) is 4. The Balaban J connectivity index is 2.11. The molecule has 0 bridgehead atoms. The second kappa shape index (κ2) is 5.09. The van der Waals surface area contributed by atoms with Crippen LogP contribution in [0.4, 0.5) is 5.82 Å². The van der Waals surface area contributed by atoms with Gasteiger partial charge in [-0.2, -0.15) is 4.68 Å². The van der Waals surface area contributed by atoms with E-state index < -0.39 is 4.92 Å². The molecule has 0 amide bonds. The maximum atomic E-state index is 11.9. The van der Waals surface area contributed by atoms with Crippen molar-refractivity contribution in [2.75, 3.05) is 0 Å². The van der Waals surface area contributed by atoms with E-state index in [1.807, 2.05) is 0 Å². The molecule has 2 rings (SSSR count). The van der Waals surface area contributed by atoms with E-state index in [4.69, 9.17) is 0 Å². The third-order valence-electron chi connectivity index (χ3n) is 2.29. The summed E-state index contributed by atoms with van der Waals surface area (Å²) >= 11 is 3.28. The molecule has 1 aromatic heterocycles. The van der Waals surface area contributed by atoms with Crippen LogP contribution in [0.3, 0.4) is 0 Å². The molecule has 0 saturated heterocycles. The number of nitro groups is 1. The summed E-state index contributed by atoms with van der Waals surface area (Å²) in [6, 6.07) is 8.15. The van der Waals surface area contributed by atoms with E-state index in [0.717, 1.165) is 4.47 Å². The normalized spacial score (nSPS) is 10.3. The minimum absolute atomic E-state index is 0.0184. The predicted molar refractivity (Wildman–Crippen MR) is 67.4 cm³/mol. The van der Waals surface area contributed by atoms with Crippen molar-refractivity contribution in [3.05, 3.63) is 56.7 Å². The van der Waals surface area contributed by atoms with E-state index in [1.165, 1.54) is 16.9 Å². The smallest absolute Gasteiger partial charge is 0.358 e. The van der Waals surface area contributed by atoms with Gasteiger partial charge in [0.2, 0.25) is 0 Å². The second-order valence-corrected chi connectivity index (χ2v) is 4.47. The van der Waals surface area contributed by atoms with Crippen molar-refractivity contribution in [3.63, 3.8) is 0 Å². The van der Waals surface area contributed by atoms with Crippen molar-refractivity contribution < 1.29 is 9.72 Å². The molecule has 0 atom stereocenters. The van der Waals surface area contributed by atoms with Gasteiger partial charge in [0, 0.05) is 10.0 Å². The first-order valence-electron chi connectivity index (χ1n) is 5.03. The van der Waals surface area contributed by atoms with Gasteiger partial charge in [-0.3, -0.25) is 4.79 Å². The largest absolute Gasteiger partial charge is 0.389 e. The Hall–Kier alpha value is -2.02. The number of benzene rings is 1. The zero-order chi connectivity index (χ0) is 13.1. The first-order valence-corrected chi connectivity index (χ1v) is 5.82. The van der Waals surface area contributed by atoms with Crippen LogP contribution in [0.1, 0.15) is 10.4 Å². The fourth-order valence-electron chi connectivity index (χ4n) is 1.41. The maximum absolute atomic E-state index is 11.9. The van der Waals surface area contributed by atoms with E-state index in [-0.39, 0.29) is 18.1 Å². The molecule has 0 fully saturated rings. The lowest BCUT2D eigenvalue weighted by Crippen LogP contribution is -2.11. The van der Waals surface area contributed by atoms with E-state index in [1.54, 1.807) is 24.3 Å². The topological polar surface area (TPSA) is 78.0 Å². The fourth-order valence-corrected chi connectivity index (χ4v) is 1.67. The van der Waals surface area contributed by atoms with E-state index in [0.29, 0.717) is 5.56 Å². The van der Waals surface area contributed by atoms with E-state index >= 15 is 0 Å². The average Bonchev–Trinajstić information content (AvgIpc) is 2.78. The van der Waals surface area contributed by atoms with Crippen LogP contribution in [0.5, 0.6) is 0 Å². The SMILES string of the molecule is O=C(Cn1ccc([N+](=O)[O-])n1)c1ccc(Br)cc1. The summed E-state index contributed by atoms with van der Waals surface area (Å²) in [5, 5.41) is 14.1. The molecule has 0 aliphatic carbocycles. The molecule has 0 aliphatic rings. The number of halogens is 1. The highest BCUT2D eigenvalue weighted by atomic mass is 79.9. The molecule has 7 heteroatoms. The average molecular weight is 310 g/mol. The predicted octanol–water partition coefficient (Wildman–Crippen LogP) is 2.44. The molecule has 1 aromatic carbocycles. The second-order valence-electron chi connectivity index (χ2n) is 3.56. The Labute approximate surface area is 111 Å². The molecule has 2 aromatic rings. The van der Waals surface area contributed by atoms with Gasteiger partial charge in [-0.05, 0) is 17.1 Å². The van der Waals surface area contributed by atoms with Crippen LogP contribution < -0.4 is 0 Å². The van der Waals surface area contributed by atoms with Crippen LogP contribution in [0.25, 0.3) is 0 Å². The van der Waals surface area contributed by atoms with Gasteiger partial charge in [0.25, 0.3) is 0 Å². The Bertz CT molecular complexity index is 592. The van der Waals surface area contributed by atoms with Gasteiger partial charge in [0.05, 0.1) is 17.4 Å². The van der Waals surface area contributed by atoms with Gasteiger partial charge in [-0.25, -0.2) is 0 Å². The van der Waals surface area contributed by atoms with Gasteiger partial charge in [-0.1, -0.05) is 28.1 Å². The molecule has 6 nitrogen and oxygen atoms in total. The maximum Gasteiger partial charge on any atom is 0.389 e. The number of hydrogen-bond donors (Lipinski definition) is 0. The van der Waals surface area contributed by atoms with Crippen LogP contribution in [0.2, 0.25) is 0 Å². The summed E-state index contributed by atoms with van der Waals surface area (Å²) in [5.41, 5.74) is 0.538. The first-order chi connectivity index (χ1) is 8.56. The molecule has 0 N–H and O–H groups in total. The Morgan fingerprint density at radius 3 is 2.56 bits per heavy atom. The summed E-state index contributed by atoms with van der Waals surface area (Å²) in [5.74, 6) is -0.417. The lowest BCUT2D eigenvalue weighted by Gasteiger charge is -1.99. The van der Waals surface area contributed by atoms with Gasteiger partial charge >= 0.3 is 5.82 Å². The lowest BCUT2D eigenvalue weighted by atomic mass is 10.1. The number of rotatable bonds is 4. The van der Waals surface area contributed by atoms with Gasteiger partial charge in [0.1, 0.15) is 6.54 Å². The fraction of sp³-hybridized carbons (Fsp3) is 0.0909. The van der Waals surface area contributed by atoms with E-state index in [2.05, 4.69) is 21.0 Å². The summed E-state index contributed by atoms with van der Waals surface area (Å²) in [6.07, 6.45) is 1.41. The van der Waals surface area contributed by atoms with Crippen LogP contribution in [0.15, 0.2) is 41.0 Å². The summed E-state index contributed by atoms with van der Waals surface area (Å²) < 4.78 is 2.14. The zero-order valence-corrected chi connectivity index (χ0v) is 10.7. The van der Waals surface area contributed by atoms with Crippen LogP contribution in [-0.4, -0.2) is 20.5 Å². The summed E-state index contributed by atoms with van der Waals surface area (Å²) in [7, 11) is 0. The Morgan fingerprint density at radius 2 is 2.00 bits per heavy atom. The Morgan fingerprint density at radius 1 is 1.33 bits per heavy atom. The number of Topliss-reactive ketones (excluding diaryl/α,β-unsaturated/α-hetero) is 1. The third kappa shape index (κ3) is 2.80. The summed E-state index contributed by atoms with van der Waals surface area (Å²) in [4.78, 5) is 21.7. The van der Waals surface area contributed by atoms with Crippen molar-refractivity contribution in [2.45, 2.75) is 6.54 Å². The molecule has 0 spiro atoms. The van der Waals surface area contributed by atoms with Crippen molar-refractivity contribution >= 4 is 27.5 Å². The third-order valence-corrected chi connectivity index (χ3v) is 2.81. The van der Waals surface area contributed by atoms with Crippen LogP contribution in [-0.2, 0) is 6.54 Å². The minimum atomic E-state index is -0.597. The monoisotopic (exact) mass is 309 g/mol. The number of carbonyl (C=O) groups is 1. The van der Waals surface area contributed by atoms with Crippen molar-refractivity contribution in [3.8, 4) is 0 Å². The number of nitrogens with zero attached hydrogens (tertiary/aromatic N) is 3. The highest BCUT2D eigenvalue weighted by molar-refractivity contribution is 9.10. The van der Waals surface area contributed by atoms with Gasteiger partial charge in [0.15, 0.2) is 5.78 Å². The molecule has 0 aliphatic heterocycles. The van der Waals surface area contributed by atoms with Crippen molar-refractivity contribution in [1.29, 1.82) is 0 Å². The van der Waals surface area contributed by atoms with Crippen molar-refractivity contribution in [1.82, 2.24) is 9.78 Å². The number of aromatic nitrogens is 2. The van der Waals surface area contributed by atoms with Crippen LogP contribution in [0, 0.1) is 10.1 Å². The number of carbonyl (C=O) groups excluding carboxylic acids is 1.